The van der Waals surface area contributed by atoms with E-state index in [1.807, 2.05) is 54.1 Å². The highest BCUT2D eigenvalue weighted by Gasteiger charge is 2.12. The van der Waals surface area contributed by atoms with E-state index in [1.165, 1.54) is 11.3 Å². The molecular weight excluding hydrogens is 380 g/mol. The van der Waals surface area contributed by atoms with Gasteiger partial charge in [-0.3, -0.25) is 4.79 Å². The van der Waals surface area contributed by atoms with Crippen molar-refractivity contribution in [3.63, 3.8) is 0 Å². The molecule has 0 atom stereocenters. The molecule has 140 valence electrons. The molecule has 1 amide bonds. The quantitative estimate of drug-likeness (QED) is 0.581. The Hall–Kier alpha value is -2.51. The normalized spacial score (nSPS) is 10.5. The summed E-state index contributed by atoms with van der Waals surface area (Å²) in [5, 5.41) is 5.71. The van der Waals surface area contributed by atoms with Crippen LogP contribution in [0.3, 0.4) is 0 Å². The van der Waals surface area contributed by atoms with Crippen LogP contribution in [-0.2, 0) is 11.2 Å². The first-order valence-electron chi connectivity index (χ1n) is 8.24. The van der Waals surface area contributed by atoms with Crippen LogP contribution in [0.1, 0.15) is 5.69 Å². The van der Waals surface area contributed by atoms with Gasteiger partial charge in [-0.05, 0) is 36.6 Å². The highest BCUT2D eigenvalue weighted by atomic mass is 32.2. The van der Waals surface area contributed by atoms with Gasteiger partial charge >= 0.3 is 0 Å². The Labute approximate surface area is 166 Å². The van der Waals surface area contributed by atoms with Gasteiger partial charge < -0.3 is 14.8 Å². The Morgan fingerprint density at radius 1 is 1.15 bits per heavy atom. The second kappa shape index (κ2) is 8.92. The smallest absolute Gasteiger partial charge is 0.230 e. The minimum Gasteiger partial charge on any atom is -0.493 e. The van der Waals surface area contributed by atoms with E-state index in [2.05, 4.69) is 10.3 Å². The van der Waals surface area contributed by atoms with E-state index in [1.54, 1.807) is 26.0 Å². The lowest BCUT2D eigenvalue weighted by Crippen LogP contribution is -2.15. The lowest BCUT2D eigenvalue weighted by atomic mass is 10.2. The van der Waals surface area contributed by atoms with Gasteiger partial charge in [-0.2, -0.15) is 0 Å². The molecule has 0 bridgehead atoms. The zero-order chi connectivity index (χ0) is 19.2. The third-order valence-corrected chi connectivity index (χ3v) is 5.64. The Bertz CT molecular complexity index is 940. The third-order valence-electron chi connectivity index (χ3n) is 3.90. The average molecular weight is 401 g/mol. The number of anilines is 1. The fourth-order valence-corrected chi connectivity index (χ4v) is 3.97. The molecule has 0 radical (unpaired) electrons. The maximum Gasteiger partial charge on any atom is 0.230 e. The number of carbonyl (C=O) groups is 1. The van der Waals surface area contributed by atoms with Crippen molar-refractivity contribution < 1.29 is 14.3 Å². The molecule has 0 fully saturated rings. The molecule has 0 aliphatic heterocycles. The number of thiazole rings is 1. The molecule has 1 heterocycles. The van der Waals surface area contributed by atoms with Crippen molar-refractivity contribution in [1.82, 2.24) is 4.98 Å². The van der Waals surface area contributed by atoms with Crippen molar-refractivity contribution in [1.29, 1.82) is 0 Å². The van der Waals surface area contributed by atoms with Crippen molar-refractivity contribution in [2.75, 3.05) is 25.8 Å². The average Bonchev–Trinajstić information content (AvgIpc) is 3.16. The highest BCUT2D eigenvalue weighted by molar-refractivity contribution is 7.98. The maximum atomic E-state index is 12.4. The lowest BCUT2D eigenvalue weighted by molar-refractivity contribution is -0.115. The summed E-state index contributed by atoms with van der Waals surface area (Å²) in [7, 11) is 3.21. The van der Waals surface area contributed by atoms with Crippen LogP contribution in [0, 0.1) is 0 Å². The van der Waals surface area contributed by atoms with Crippen molar-refractivity contribution >= 4 is 34.7 Å². The Morgan fingerprint density at radius 3 is 2.67 bits per heavy atom. The number of rotatable bonds is 7. The van der Waals surface area contributed by atoms with Crippen LogP contribution in [0.15, 0.2) is 52.7 Å². The van der Waals surface area contributed by atoms with Crippen LogP contribution in [0.25, 0.3) is 10.6 Å². The largest absolute Gasteiger partial charge is 0.493 e. The molecule has 1 N–H and O–H groups in total. The van der Waals surface area contributed by atoms with E-state index in [9.17, 15) is 4.79 Å². The number of methoxy groups -OCH3 is 2. The molecule has 5 nitrogen and oxygen atoms in total. The van der Waals surface area contributed by atoms with Crippen LogP contribution in [0.5, 0.6) is 11.5 Å². The molecule has 0 aliphatic carbocycles. The third kappa shape index (κ3) is 4.61. The van der Waals surface area contributed by atoms with Gasteiger partial charge in [0, 0.05) is 15.8 Å². The van der Waals surface area contributed by atoms with E-state index < -0.39 is 0 Å². The van der Waals surface area contributed by atoms with Crippen molar-refractivity contribution in [3.05, 3.63) is 53.5 Å². The van der Waals surface area contributed by atoms with Gasteiger partial charge in [-0.25, -0.2) is 4.98 Å². The molecular formula is C20H20N2O3S2. The van der Waals surface area contributed by atoms with E-state index in [4.69, 9.17) is 9.47 Å². The van der Waals surface area contributed by atoms with Crippen LogP contribution >= 0.6 is 23.1 Å². The summed E-state index contributed by atoms with van der Waals surface area (Å²) in [5.41, 5.74) is 2.49. The predicted octanol–water partition coefficient (Wildman–Crippen LogP) is 4.73. The number of aromatic nitrogens is 1. The highest BCUT2D eigenvalue weighted by Crippen LogP contribution is 2.33. The fraction of sp³-hybridized carbons (Fsp3) is 0.200. The maximum absolute atomic E-state index is 12.4. The van der Waals surface area contributed by atoms with E-state index in [0.29, 0.717) is 11.5 Å². The van der Waals surface area contributed by atoms with Gasteiger partial charge in [-0.15, -0.1) is 23.1 Å². The van der Waals surface area contributed by atoms with Gasteiger partial charge in [0.15, 0.2) is 11.5 Å². The second-order valence-corrected chi connectivity index (χ2v) is 7.35. The summed E-state index contributed by atoms with van der Waals surface area (Å²) >= 11 is 3.10. The van der Waals surface area contributed by atoms with Gasteiger partial charge in [0.05, 0.1) is 32.0 Å². The number of amides is 1. The van der Waals surface area contributed by atoms with Crippen molar-refractivity contribution in [2.45, 2.75) is 11.3 Å². The molecule has 7 heteroatoms. The minimum atomic E-state index is -0.0827. The standard InChI is InChI=1S/C20H20N2O3S2/c1-24-16-9-8-13(10-17(16)25-2)20-21-14(12-27-20)11-19(23)22-15-6-4-5-7-18(15)26-3/h4-10,12H,11H2,1-3H3,(H,22,23). The van der Waals surface area contributed by atoms with E-state index in [0.717, 1.165) is 26.8 Å². The van der Waals surface area contributed by atoms with E-state index >= 15 is 0 Å². The first-order valence-corrected chi connectivity index (χ1v) is 10.3. The van der Waals surface area contributed by atoms with Crippen LogP contribution < -0.4 is 14.8 Å². The van der Waals surface area contributed by atoms with Crippen LogP contribution in [-0.4, -0.2) is 31.4 Å². The van der Waals surface area contributed by atoms with Gasteiger partial charge in [0.25, 0.3) is 0 Å². The molecule has 2 aromatic carbocycles. The number of nitrogens with one attached hydrogen (secondary N) is 1. The summed E-state index contributed by atoms with van der Waals surface area (Å²) < 4.78 is 10.6. The number of para-hydroxylation sites is 1. The summed E-state index contributed by atoms with van der Waals surface area (Å²) in [5.74, 6) is 1.24. The molecule has 1 aromatic heterocycles. The SMILES string of the molecule is COc1ccc(-c2nc(CC(=O)Nc3ccccc3SC)cs2)cc1OC. The number of hydrogen-bond donors (Lipinski definition) is 1. The second-order valence-electron chi connectivity index (χ2n) is 5.64. The number of nitrogens with zero attached hydrogens (tertiary/aromatic N) is 1. The predicted molar refractivity (Wildman–Crippen MR) is 111 cm³/mol. The van der Waals surface area contributed by atoms with Crippen molar-refractivity contribution in [2.24, 2.45) is 0 Å². The minimum absolute atomic E-state index is 0.0827. The number of thioether (sulfide) groups is 1. The Morgan fingerprint density at radius 2 is 1.93 bits per heavy atom. The molecule has 3 aromatic rings. The molecule has 0 aliphatic rings. The Kier molecular flexibility index (Phi) is 6.36. The number of benzene rings is 2. The first kappa shape index (κ1) is 19.3. The van der Waals surface area contributed by atoms with Gasteiger partial charge in [0.2, 0.25) is 5.91 Å². The topological polar surface area (TPSA) is 60.5 Å². The number of carbonyl (C=O) groups excluding carboxylic acids is 1. The molecule has 27 heavy (non-hydrogen) atoms. The molecule has 0 saturated heterocycles. The zero-order valence-corrected chi connectivity index (χ0v) is 16.9. The van der Waals surface area contributed by atoms with Gasteiger partial charge in [0.1, 0.15) is 5.01 Å². The molecule has 0 spiro atoms. The zero-order valence-electron chi connectivity index (χ0n) is 15.3. The summed E-state index contributed by atoms with van der Waals surface area (Å²) in [6, 6.07) is 13.4. The van der Waals surface area contributed by atoms with Crippen LogP contribution in [0.2, 0.25) is 0 Å². The summed E-state index contributed by atoms with van der Waals surface area (Å²) in [6.45, 7) is 0. The molecule has 3 rings (SSSR count). The Balaban J connectivity index is 1.71. The lowest BCUT2D eigenvalue weighted by Gasteiger charge is -2.08. The van der Waals surface area contributed by atoms with Gasteiger partial charge in [-0.1, -0.05) is 12.1 Å². The number of hydrogen-bond acceptors (Lipinski definition) is 6. The van der Waals surface area contributed by atoms with Crippen molar-refractivity contribution in [3.8, 4) is 22.1 Å². The summed E-state index contributed by atoms with van der Waals surface area (Å²) in [4.78, 5) is 18.0. The first-order chi connectivity index (χ1) is 13.1. The molecule has 0 saturated carbocycles. The monoisotopic (exact) mass is 400 g/mol. The number of ether oxygens (including phenoxy) is 2. The molecule has 0 unspecified atom stereocenters. The fourth-order valence-electron chi connectivity index (χ4n) is 2.60. The summed E-state index contributed by atoms with van der Waals surface area (Å²) in [6.07, 6.45) is 2.22. The van der Waals surface area contributed by atoms with Crippen LogP contribution in [0.4, 0.5) is 5.69 Å². The van der Waals surface area contributed by atoms with E-state index in [-0.39, 0.29) is 12.3 Å².